The fourth-order valence-electron chi connectivity index (χ4n) is 2.64. The van der Waals surface area contributed by atoms with Crippen LogP contribution in [0.25, 0.3) is 0 Å². The molecule has 0 spiro atoms. The van der Waals surface area contributed by atoms with Crippen molar-refractivity contribution in [2.75, 3.05) is 0 Å². The van der Waals surface area contributed by atoms with Crippen molar-refractivity contribution in [3.63, 3.8) is 0 Å². The van der Waals surface area contributed by atoms with Crippen molar-refractivity contribution in [1.82, 2.24) is 0 Å². The van der Waals surface area contributed by atoms with E-state index in [4.69, 9.17) is 0 Å². The Bertz CT molecular complexity index is 671. The van der Waals surface area contributed by atoms with Crippen LogP contribution in [-0.2, 0) is 0 Å². The van der Waals surface area contributed by atoms with E-state index < -0.39 is 8.41 Å². The Morgan fingerprint density at radius 1 is 0.700 bits per heavy atom. The third kappa shape index (κ3) is 2.63. The lowest BCUT2D eigenvalue weighted by atomic mass is 10.2. The van der Waals surface area contributed by atoms with Crippen molar-refractivity contribution in [3.8, 4) is 0 Å². The van der Waals surface area contributed by atoms with Crippen molar-refractivity contribution in [1.29, 1.82) is 0 Å². The van der Waals surface area contributed by atoms with Gasteiger partial charge in [-0.15, -0.1) is 0 Å². The first-order chi connectivity index (χ1) is 9.74. The van der Waals surface area contributed by atoms with Crippen LogP contribution >= 0.6 is 0 Å². The van der Waals surface area contributed by atoms with E-state index in [1.807, 2.05) is 0 Å². The molecule has 0 radical (unpaired) electrons. The third-order valence-corrected chi connectivity index (χ3v) is 6.25. The van der Waals surface area contributed by atoms with Crippen LogP contribution in [0.15, 0.2) is 72.8 Å². The maximum absolute atomic E-state index is 2.34. The topological polar surface area (TPSA) is 0 Å². The largest absolute Gasteiger partial charge is 0.0877 e. The number of rotatable bonds is 2. The molecule has 2 aromatic rings. The standard InChI is InChI=1S/C19H18Si/c1-15-7-5-11-18(13-15)20(17-9-3-4-10-17)19-12-6-8-16(2)14-19/h3-14H,1-2H3. The summed E-state index contributed by atoms with van der Waals surface area (Å²) in [5.74, 6) is 0. The van der Waals surface area contributed by atoms with Crippen molar-refractivity contribution in [2.45, 2.75) is 13.8 Å². The van der Waals surface area contributed by atoms with Crippen molar-refractivity contribution < 1.29 is 0 Å². The molecular weight excluding hydrogens is 256 g/mol. The van der Waals surface area contributed by atoms with Gasteiger partial charge in [0.1, 0.15) is 0 Å². The maximum atomic E-state index is 2.34. The van der Waals surface area contributed by atoms with E-state index >= 15 is 0 Å². The number of hydrogen-bond donors (Lipinski definition) is 0. The van der Waals surface area contributed by atoms with Crippen LogP contribution in [0.5, 0.6) is 0 Å². The van der Waals surface area contributed by atoms with Gasteiger partial charge in [0.25, 0.3) is 0 Å². The second-order valence-electron chi connectivity index (χ2n) is 5.29. The SMILES string of the molecule is Cc1cccc([Si](=C2C=CC=C2)c2cccc(C)c2)c1. The van der Waals surface area contributed by atoms with Gasteiger partial charge in [-0.05, 0) is 29.4 Å². The number of benzene rings is 2. The van der Waals surface area contributed by atoms with Gasteiger partial charge < -0.3 is 0 Å². The highest BCUT2D eigenvalue weighted by atomic mass is 28.2. The lowest BCUT2D eigenvalue weighted by Crippen LogP contribution is -2.39. The molecule has 0 aliphatic heterocycles. The molecule has 0 N–H and O–H groups in total. The van der Waals surface area contributed by atoms with E-state index in [1.165, 1.54) is 26.7 Å². The highest BCUT2D eigenvalue weighted by molar-refractivity contribution is 6.94. The van der Waals surface area contributed by atoms with Gasteiger partial charge in [-0.1, -0.05) is 84.0 Å². The molecule has 0 heterocycles. The van der Waals surface area contributed by atoms with Gasteiger partial charge in [0.15, 0.2) is 0 Å². The second kappa shape index (κ2) is 5.56. The zero-order valence-electron chi connectivity index (χ0n) is 11.9. The Hall–Kier alpha value is -1.99. The van der Waals surface area contributed by atoms with Crippen LogP contribution in [-0.4, -0.2) is 13.6 Å². The van der Waals surface area contributed by atoms with Gasteiger partial charge in [-0.25, -0.2) is 0 Å². The molecule has 0 nitrogen and oxygen atoms in total. The van der Waals surface area contributed by atoms with E-state index in [0.717, 1.165) is 0 Å². The van der Waals surface area contributed by atoms with E-state index in [9.17, 15) is 0 Å². The summed E-state index contributed by atoms with van der Waals surface area (Å²) in [6, 6.07) is 17.9. The summed E-state index contributed by atoms with van der Waals surface area (Å²) in [6.07, 6.45) is 8.81. The molecule has 0 atom stereocenters. The van der Waals surface area contributed by atoms with Crippen molar-refractivity contribution in [3.05, 3.63) is 84.0 Å². The number of aryl methyl sites for hydroxylation is 2. The molecule has 3 rings (SSSR count). The molecule has 0 saturated heterocycles. The fourth-order valence-corrected chi connectivity index (χ4v) is 5.44. The lowest BCUT2D eigenvalue weighted by molar-refractivity contribution is 1.49. The van der Waals surface area contributed by atoms with E-state index in [-0.39, 0.29) is 0 Å². The Morgan fingerprint density at radius 2 is 1.20 bits per heavy atom. The highest BCUT2D eigenvalue weighted by Gasteiger charge is 2.11. The summed E-state index contributed by atoms with van der Waals surface area (Å²) in [6.45, 7) is 4.34. The number of hydrogen-bond acceptors (Lipinski definition) is 0. The molecule has 0 saturated carbocycles. The quantitative estimate of drug-likeness (QED) is 0.739. The van der Waals surface area contributed by atoms with Gasteiger partial charge in [-0.3, -0.25) is 0 Å². The molecule has 0 fully saturated rings. The normalized spacial score (nSPS) is 13.0. The highest BCUT2D eigenvalue weighted by Crippen LogP contribution is 2.01. The zero-order valence-corrected chi connectivity index (χ0v) is 12.9. The Morgan fingerprint density at radius 3 is 1.65 bits per heavy atom. The minimum atomic E-state index is -0.879. The third-order valence-electron chi connectivity index (χ3n) is 3.56. The summed E-state index contributed by atoms with van der Waals surface area (Å²) in [4.78, 5) is 0. The van der Waals surface area contributed by atoms with Gasteiger partial charge in [0.05, 0.1) is 8.41 Å². The smallest absolute Gasteiger partial charge is 0.0621 e. The molecule has 1 heteroatoms. The first-order valence-electron chi connectivity index (χ1n) is 6.97. The molecule has 20 heavy (non-hydrogen) atoms. The molecule has 1 aliphatic rings. The average Bonchev–Trinajstić information content (AvgIpc) is 2.93. The molecule has 0 amide bonds. The van der Waals surface area contributed by atoms with Crippen LogP contribution in [0, 0.1) is 13.8 Å². The van der Waals surface area contributed by atoms with Crippen molar-refractivity contribution >= 4 is 24.0 Å². The van der Waals surface area contributed by atoms with E-state index in [2.05, 4.69) is 86.7 Å². The minimum Gasteiger partial charge on any atom is -0.0621 e. The van der Waals surface area contributed by atoms with Gasteiger partial charge >= 0.3 is 0 Å². The second-order valence-corrected chi connectivity index (χ2v) is 7.77. The summed E-state index contributed by atoms with van der Waals surface area (Å²) in [7, 11) is -0.879. The van der Waals surface area contributed by atoms with Crippen LogP contribution in [0.1, 0.15) is 11.1 Å². The Kier molecular flexibility index (Phi) is 3.61. The molecule has 98 valence electrons. The van der Waals surface area contributed by atoms with Crippen LogP contribution in [0.3, 0.4) is 0 Å². The first kappa shape index (κ1) is 13.0. The monoisotopic (exact) mass is 274 g/mol. The van der Waals surface area contributed by atoms with Gasteiger partial charge in [0.2, 0.25) is 0 Å². The van der Waals surface area contributed by atoms with E-state index in [0.29, 0.717) is 0 Å². The molecule has 0 bridgehead atoms. The van der Waals surface area contributed by atoms with Gasteiger partial charge in [-0.2, -0.15) is 0 Å². The van der Waals surface area contributed by atoms with Crippen LogP contribution in [0.2, 0.25) is 0 Å². The van der Waals surface area contributed by atoms with Crippen LogP contribution < -0.4 is 10.4 Å². The van der Waals surface area contributed by atoms with Crippen molar-refractivity contribution in [2.24, 2.45) is 0 Å². The summed E-state index contributed by atoms with van der Waals surface area (Å²) >= 11 is 0. The van der Waals surface area contributed by atoms with Crippen LogP contribution in [0.4, 0.5) is 0 Å². The van der Waals surface area contributed by atoms with E-state index in [1.54, 1.807) is 0 Å². The average molecular weight is 274 g/mol. The summed E-state index contributed by atoms with van der Waals surface area (Å²) in [5, 5.41) is 4.39. The molecule has 2 aromatic carbocycles. The lowest BCUT2D eigenvalue weighted by Gasteiger charge is -2.11. The Labute approximate surface area is 122 Å². The summed E-state index contributed by atoms with van der Waals surface area (Å²) in [5.41, 5.74) is 2.67. The molecular formula is C19H18Si. The molecule has 1 aliphatic carbocycles. The minimum absolute atomic E-state index is 0.879. The Balaban J connectivity index is 2.23. The number of allylic oxidation sites excluding steroid dienone is 4. The predicted octanol–water partition coefficient (Wildman–Crippen LogP) is 2.79. The molecule has 0 aromatic heterocycles. The first-order valence-corrected chi connectivity index (χ1v) is 8.47. The summed E-state index contributed by atoms with van der Waals surface area (Å²) < 4.78 is 0. The fraction of sp³-hybridized carbons (Fsp3) is 0.105. The zero-order chi connectivity index (χ0) is 13.9. The molecule has 0 unspecified atom stereocenters. The van der Waals surface area contributed by atoms with Gasteiger partial charge in [0, 0.05) is 0 Å². The predicted molar refractivity (Wildman–Crippen MR) is 90.7 cm³/mol. The maximum Gasteiger partial charge on any atom is 0.0877 e.